The van der Waals surface area contributed by atoms with Crippen LogP contribution in [0, 0.1) is 0 Å². The molecule has 1 aliphatic carbocycles. The molecule has 2 nitrogen and oxygen atoms in total. The van der Waals surface area contributed by atoms with Crippen molar-refractivity contribution in [2.24, 2.45) is 5.73 Å². The molecular weight excluding hydrogens is 109 g/mol. The molecule has 1 fully saturated rings. The summed E-state index contributed by atoms with van der Waals surface area (Å²) < 4.78 is 12.2. The molecule has 0 radical (unpaired) electrons. The summed E-state index contributed by atoms with van der Waals surface area (Å²) >= 11 is 0. The van der Waals surface area contributed by atoms with Gasteiger partial charge in [0.1, 0.15) is 12.3 Å². The molecule has 0 aliphatic heterocycles. The first-order valence-corrected chi connectivity index (χ1v) is 2.79. The van der Waals surface area contributed by atoms with Crippen LogP contribution in [-0.2, 0) is 0 Å². The molecule has 0 aromatic carbocycles. The second-order valence-corrected chi connectivity index (χ2v) is 2.25. The van der Waals surface area contributed by atoms with E-state index in [1.165, 1.54) is 0 Å². The summed E-state index contributed by atoms with van der Waals surface area (Å²) in [5.41, 5.74) is 5.28. The van der Waals surface area contributed by atoms with Gasteiger partial charge in [-0.3, -0.25) is 0 Å². The molecule has 1 rings (SSSR count). The van der Waals surface area contributed by atoms with Gasteiger partial charge in [-0.25, -0.2) is 4.39 Å². The lowest BCUT2D eigenvalue weighted by Crippen LogP contribution is -2.33. The Hall–Kier alpha value is -0.150. The first-order chi connectivity index (χ1) is 3.72. The van der Waals surface area contributed by atoms with E-state index in [2.05, 4.69) is 0 Å². The largest absolute Gasteiger partial charge is 0.388 e. The number of hydrogen-bond donors (Lipinski definition) is 2. The molecule has 0 saturated heterocycles. The third-order valence-electron chi connectivity index (χ3n) is 1.59. The van der Waals surface area contributed by atoms with Crippen LogP contribution in [0.1, 0.15) is 12.8 Å². The van der Waals surface area contributed by atoms with Gasteiger partial charge in [-0.15, -0.1) is 0 Å². The minimum Gasteiger partial charge on any atom is -0.388 e. The van der Waals surface area contributed by atoms with Gasteiger partial charge in [-0.05, 0) is 12.8 Å². The van der Waals surface area contributed by atoms with Crippen molar-refractivity contribution in [3.63, 3.8) is 0 Å². The Balaban J connectivity index is 2.44. The summed E-state index contributed by atoms with van der Waals surface area (Å²) in [7, 11) is 0. The SMILES string of the molecule is N[C@@H]1CC[C@H](F)[C@H]1O. The molecule has 0 spiro atoms. The van der Waals surface area contributed by atoms with E-state index in [1.807, 2.05) is 0 Å². The Kier molecular flexibility index (Phi) is 1.49. The van der Waals surface area contributed by atoms with Crippen LogP contribution in [0.3, 0.4) is 0 Å². The Labute approximate surface area is 47.5 Å². The second-order valence-electron chi connectivity index (χ2n) is 2.25. The molecule has 3 N–H and O–H groups in total. The van der Waals surface area contributed by atoms with E-state index in [4.69, 9.17) is 10.8 Å². The zero-order chi connectivity index (χ0) is 6.15. The monoisotopic (exact) mass is 119 g/mol. The summed E-state index contributed by atoms with van der Waals surface area (Å²) in [6.07, 6.45) is -0.954. The first kappa shape index (κ1) is 5.98. The van der Waals surface area contributed by atoms with Crippen LogP contribution in [0.4, 0.5) is 4.39 Å². The Morgan fingerprint density at radius 2 is 2.12 bits per heavy atom. The molecule has 0 heterocycles. The van der Waals surface area contributed by atoms with E-state index in [0.29, 0.717) is 12.8 Å². The summed E-state index contributed by atoms with van der Waals surface area (Å²) in [6, 6.07) is -0.329. The van der Waals surface area contributed by atoms with Crippen molar-refractivity contribution in [2.45, 2.75) is 31.2 Å². The van der Waals surface area contributed by atoms with Crippen LogP contribution < -0.4 is 5.73 Å². The fraction of sp³-hybridized carbons (Fsp3) is 1.00. The van der Waals surface area contributed by atoms with E-state index in [1.54, 1.807) is 0 Å². The second kappa shape index (κ2) is 1.99. The molecule has 0 unspecified atom stereocenters. The molecular formula is C5H10FNO. The molecule has 48 valence electrons. The fourth-order valence-electron chi connectivity index (χ4n) is 0.961. The number of rotatable bonds is 0. The summed E-state index contributed by atoms with van der Waals surface area (Å²) in [6.45, 7) is 0. The highest BCUT2D eigenvalue weighted by Gasteiger charge is 2.31. The quantitative estimate of drug-likeness (QED) is 0.464. The number of nitrogens with two attached hydrogens (primary N) is 1. The van der Waals surface area contributed by atoms with Crippen molar-refractivity contribution >= 4 is 0 Å². The Bertz CT molecular complexity index is 78.5. The normalized spacial score (nSPS) is 47.6. The van der Waals surface area contributed by atoms with Gasteiger partial charge in [0.15, 0.2) is 0 Å². The molecule has 0 aromatic rings. The van der Waals surface area contributed by atoms with E-state index in [0.717, 1.165) is 0 Å². The summed E-state index contributed by atoms with van der Waals surface area (Å²) in [5.74, 6) is 0. The molecule has 1 saturated carbocycles. The smallest absolute Gasteiger partial charge is 0.127 e. The molecule has 1 aliphatic rings. The minimum atomic E-state index is -1.08. The Morgan fingerprint density at radius 1 is 1.50 bits per heavy atom. The van der Waals surface area contributed by atoms with E-state index in [-0.39, 0.29) is 6.04 Å². The van der Waals surface area contributed by atoms with Gasteiger partial charge in [0.05, 0.1) is 0 Å². The third-order valence-corrected chi connectivity index (χ3v) is 1.59. The fourth-order valence-corrected chi connectivity index (χ4v) is 0.961. The van der Waals surface area contributed by atoms with Crippen LogP contribution in [0.2, 0.25) is 0 Å². The average Bonchev–Trinajstić information content (AvgIpc) is 1.98. The van der Waals surface area contributed by atoms with Gasteiger partial charge in [-0.1, -0.05) is 0 Å². The van der Waals surface area contributed by atoms with Crippen molar-refractivity contribution in [1.82, 2.24) is 0 Å². The molecule has 0 bridgehead atoms. The number of alkyl halides is 1. The summed E-state index contributed by atoms with van der Waals surface area (Å²) in [4.78, 5) is 0. The van der Waals surface area contributed by atoms with Crippen molar-refractivity contribution in [3.8, 4) is 0 Å². The number of aliphatic hydroxyl groups excluding tert-OH is 1. The molecule has 3 heteroatoms. The van der Waals surface area contributed by atoms with Gasteiger partial charge in [-0.2, -0.15) is 0 Å². The van der Waals surface area contributed by atoms with Crippen molar-refractivity contribution in [3.05, 3.63) is 0 Å². The lowest BCUT2D eigenvalue weighted by molar-refractivity contribution is 0.0917. The van der Waals surface area contributed by atoms with Gasteiger partial charge in [0.25, 0.3) is 0 Å². The van der Waals surface area contributed by atoms with E-state index in [9.17, 15) is 4.39 Å². The number of hydrogen-bond acceptors (Lipinski definition) is 2. The minimum absolute atomic E-state index is 0.329. The zero-order valence-electron chi connectivity index (χ0n) is 4.55. The number of aliphatic hydroxyl groups is 1. The first-order valence-electron chi connectivity index (χ1n) is 2.79. The van der Waals surface area contributed by atoms with E-state index < -0.39 is 12.3 Å². The highest BCUT2D eigenvalue weighted by Crippen LogP contribution is 2.20. The molecule has 0 amide bonds. The van der Waals surface area contributed by atoms with Gasteiger partial charge in [0, 0.05) is 6.04 Å². The molecule has 0 aromatic heterocycles. The summed E-state index contributed by atoms with van der Waals surface area (Å²) in [5, 5.41) is 8.77. The van der Waals surface area contributed by atoms with Crippen LogP contribution in [0.25, 0.3) is 0 Å². The maximum absolute atomic E-state index is 12.2. The Morgan fingerprint density at radius 3 is 2.25 bits per heavy atom. The van der Waals surface area contributed by atoms with Crippen LogP contribution >= 0.6 is 0 Å². The predicted molar refractivity (Wildman–Crippen MR) is 28.1 cm³/mol. The van der Waals surface area contributed by atoms with Gasteiger partial charge in [0.2, 0.25) is 0 Å². The molecule has 3 atom stereocenters. The standard InChI is InChI=1S/C5H10FNO/c6-3-1-2-4(7)5(3)8/h3-5,8H,1-2,7H2/t3-,4+,5+/m0/s1. The maximum Gasteiger partial charge on any atom is 0.127 e. The lowest BCUT2D eigenvalue weighted by atomic mass is 10.2. The van der Waals surface area contributed by atoms with E-state index >= 15 is 0 Å². The lowest BCUT2D eigenvalue weighted by Gasteiger charge is -2.07. The van der Waals surface area contributed by atoms with Crippen LogP contribution in [0.15, 0.2) is 0 Å². The predicted octanol–water partition coefficient (Wildman–Crippen LogP) is -0.193. The third kappa shape index (κ3) is 0.833. The van der Waals surface area contributed by atoms with Crippen molar-refractivity contribution < 1.29 is 9.50 Å². The maximum atomic E-state index is 12.2. The topological polar surface area (TPSA) is 46.2 Å². The van der Waals surface area contributed by atoms with Gasteiger partial charge >= 0.3 is 0 Å². The highest BCUT2D eigenvalue weighted by atomic mass is 19.1. The highest BCUT2D eigenvalue weighted by molar-refractivity contribution is 4.86. The van der Waals surface area contributed by atoms with Crippen molar-refractivity contribution in [2.75, 3.05) is 0 Å². The number of halogens is 1. The van der Waals surface area contributed by atoms with Crippen LogP contribution in [0.5, 0.6) is 0 Å². The van der Waals surface area contributed by atoms with Crippen LogP contribution in [-0.4, -0.2) is 23.4 Å². The van der Waals surface area contributed by atoms with Gasteiger partial charge < -0.3 is 10.8 Å². The van der Waals surface area contributed by atoms with Crippen molar-refractivity contribution in [1.29, 1.82) is 0 Å². The average molecular weight is 119 g/mol. The zero-order valence-corrected chi connectivity index (χ0v) is 4.55. The molecule has 8 heavy (non-hydrogen) atoms.